The van der Waals surface area contributed by atoms with Crippen molar-refractivity contribution < 1.29 is 13.2 Å². The molecule has 0 spiro atoms. The zero-order valence-electron chi connectivity index (χ0n) is 15.3. The molecule has 0 aliphatic heterocycles. The molecule has 0 saturated carbocycles. The molecule has 0 saturated heterocycles. The third-order valence-electron chi connectivity index (χ3n) is 3.88. The first-order chi connectivity index (χ1) is 13.5. The number of amides is 1. The van der Waals surface area contributed by atoms with E-state index in [4.69, 9.17) is 0 Å². The topological polar surface area (TPSA) is 101 Å². The van der Waals surface area contributed by atoms with Crippen molar-refractivity contribution in [2.45, 2.75) is 31.1 Å². The fraction of sp³-hybridized carbons (Fsp3) is 0.211. The monoisotopic (exact) mass is 416 g/mol. The molecule has 0 radical (unpaired) electrons. The second-order valence-corrected chi connectivity index (χ2v) is 8.80. The summed E-state index contributed by atoms with van der Waals surface area (Å²) in [6.45, 7) is 2.10. The molecule has 2 aromatic carbocycles. The highest BCUT2D eigenvalue weighted by molar-refractivity contribution is 7.92. The van der Waals surface area contributed by atoms with Crippen molar-refractivity contribution >= 4 is 38.1 Å². The molecule has 1 amide bonds. The lowest BCUT2D eigenvalue weighted by atomic mass is 10.2. The molecule has 3 aromatic rings. The van der Waals surface area contributed by atoms with Gasteiger partial charge in [0.05, 0.1) is 4.90 Å². The first-order valence-corrected chi connectivity index (χ1v) is 11.1. The van der Waals surface area contributed by atoms with Crippen LogP contribution >= 0.6 is 11.3 Å². The van der Waals surface area contributed by atoms with Gasteiger partial charge in [-0.15, -0.1) is 10.2 Å². The summed E-state index contributed by atoms with van der Waals surface area (Å²) >= 11 is 1.34. The lowest BCUT2D eigenvalue weighted by Crippen LogP contribution is -2.14. The molecule has 0 aliphatic carbocycles. The molecule has 1 heterocycles. The van der Waals surface area contributed by atoms with Crippen molar-refractivity contribution in [3.63, 3.8) is 0 Å². The van der Waals surface area contributed by atoms with E-state index in [1.165, 1.54) is 35.6 Å². The average Bonchev–Trinajstić information content (AvgIpc) is 3.14. The van der Waals surface area contributed by atoms with E-state index in [-0.39, 0.29) is 10.8 Å². The van der Waals surface area contributed by atoms with Gasteiger partial charge in [0.15, 0.2) is 0 Å². The van der Waals surface area contributed by atoms with E-state index in [0.717, 1.165) is 24.3 Å². The largest absolute Gasteiger partial charge is 0.296 e. The van der Waals surface area contributed by atoms with Crippen molar-refractivity contribution in [3.8, 4) is 0 Å². The molecular weight excluding hydrogens is 396 g/mol. The van der Waals surface area contributed by atoms with Crippen LogP contribution in [0.2, 0.25) is 0 Å². The van der Waals surface area contributed by atoms with Gasteiger partial charge in [-0.3, -0.25) is 14.8 Å². The van der Waals surface area contributed by atoms with Gasteiger partial charge < -0.3 is 0 Å². The third kappa shape index (κ3) is 5.14. The van der Waals surface area contributed by atoms with Gasteiger partial charge in [-0.25, -0.2) is 8.42 Å². The zero-order valence-corrected chi connectivity index (χ0v) is 16.9. The highest BCUT2D eigenvalue weighted by Gasteiger charge is 2.16. The molecule has 9 heteroatoms. The predicted molar refractivity (Wildman–Crippen MR) is 110 cm³/mol. The number of hydrogen-bond donors (Lipinski definition) is 2. The highest BCUT2D eigenvalue weighted by atomic mass is 32.2. The van der Waals surface area contributed by atoms with Crippen molar-refractivity contribution in [2.75, 3.05) is 10.0 Å². The summed E-state index contributed by atoms with van der Waals surface area (Å²) in [7, 11) is -3.72. The van der Waals surface area contributed by atoms with Crippen molar-refractivity contribution in [1.82, 2.24) is 10.2 Å². The summed E-state index contributed by atoms with van der Waals surface area (Å²) in [6.07, 6.45) is 2.93. The maximum absolute atomic E-state index is 12.4. The number of aromatic nitrogens is 2. The number of hydrogen-bond acceptors (Lipinski definition) is 6. The summed E-state index contributed by atoms with van der Waals surface area (Å²) in [5, 5.41) is 12.0. The van der Waals surface area contributed by atoms with E-state index in [0.29, 0.717) is 16.4 Å². The number of carbonyl (C=O) groups is 1. The van der Waals surface area contributed by atoms with Crippen LogP contribution in [0.3, 0.4) is 0 Å². The second kappa shape index (κ2) is 8.94. The Hall–Kier alpha value is -2.78. The molecule has 0 fully saturated rings. The lowest BCUT2D eigenvalue weighted by molar-refractivity contribution is 0.102. The average molecular weight is 417 g/mol. The number of aryl methyl sites for hydroxylation is 1. The zero-order chi connectivity index (χ0) is 20.0. The SMILES string of the molecule is CCCCc1nnc(NC(=O)c2ccc(S(=O)(=O)Nc3ccccc3)cc2)s1. The molecule has 7 nitrogen and oxygen atoms in total. The van der Waals surface area contributed by atoms with Gasteiger partial charge in [0.25, 0.3) is 15.9 Å². The maximum atomic E-state index is 12.4. The van der Waals surface area contributed by atoms with Gasteiger partial charge in [0, 0.05) is 17.7 Å². The Bertz CT molecular complexity index is 1030. The minimum atomic E-state index is -3.72. The van der Waals surface area contributed by atoms with Crippen molar-refractivity contribution in [3.05, 3.63) is 65.2 Å². The number of benzene rings is 2. The Morgan fingerprint density at radius 3 is 2.43 bits per heavy atom. The normalized spacial score (nSPS) is 11.2. The number of unbranched alkanes of at least 4 members (excludes halogenated alkanes) is 1. The van der Waals surface area contributed by atoms with E-state index >= 15 is 0 Å². The van der Waals surface area contributed by atoms with Crippen LogP contribution in [-0.4, -0.2) is 24.5 Å². The molecule has 1 aromatic heterocycles. The number of rotatable bonds is 8. The Morgan fingerprint density at radius 1 is 1.04 bits per heavy atom. The molecular formula is C19H20N4O3S2. The van der Waals surface area contributed by atoms with Crippen LogP contribution in [0.4, 0.5) is 10.8 Å². The van der Waals surface area contributed by atoms with Crippen LogP contribution < -0.4 is 10.0 Å². The van der Waals surface area contributed by atoms with Gasteiger partial charge in [-0.1, -0.05) is 42.9 Å². The predicted octanol–water partition coefficient (Wildman–Crippen LogP) is 3.93. The van der Waals surface area contributed by atoms with Gasteiger partial charge in [0.1, 0.15) is 5.01 Å². The molecule has 2 N–H and O–H groups in total. The summed E-state index contributed by atoms with van der Waals surface area (Å²) in [5.74, 6) is -0.363. The quantitative estimate of drug-likeness (QED) is 0.579. The molecule has 28 heavy (non-hydrogen) atoms. The molecule has 0 aliphatic rings. The fourth-order valence-corrected chi connectivity index (χ4v) is 4.24. The maximum Gasteiger partial charge on any atom is 0.261 e. The summed E-state index contributed by atoms with van der Waals surface area (Å²) < 4.78 is 27.4. The summed E-state index contributed by atoms with van der Waals surface area (Å²) in [6, 6.07) is 14.3. The summed E-state index contributed by atoms with van der Waals surface area (Å²) in [5.41, 5.74) is 0.809. The molecule has 0 atom stereocenters. The lowest BCUT2D eigenvalue weighted by Gasteiger charge is -2.08. The number of nitrogens with one attached hydrogen (secondary N) is 2. The van der Waals surface area contributed by atoms with E-state index in [2.05, 4.69) is 27.2 Å². The molecule has 3 rings (SSSR count). The molecule has 0 bridgehead atoms. The smallest absolute Gasteiger partial charge is 0.261 e. The first-order valence-electron chi connectivity index (χ1n) is 8.79. The van der Waals surface area contributed by atoms with E-state index < -0.39 is 10.0 Å². The van der Waals surface area contributed by atoms with Gasteiger partial charge in [0.2, 0.25) is 5.13 Å². The van der Waals surface area contributed by atoms with Crippen LogP contribution in [0, 0.1) is 0 Å². The van der Waals surface area contributed by atoms with Crippen LogP contribution in [0.1, 0.15) is 35.1 Å². The molecule has 146 valence electrons. The minimum absolute atomic E-state index is 0.0747. The van der Waals surface area contributed by atoms with Crippen LogP contribution in [0.5, 0.6) is 0 Å². The van der Waals surface area contributed by atoms with Gasteiger partial charge in [-0.2, -0.15) is 0 Å². The van der Waals surface area contributed by atoms with Crippen molar-refractivity contribution in [2.24, 2.45) is 0 Å². The molecule has 0 unspecified atom stereocenters. The number of para-hydroxylation sites is 1. The van der Waals surface area contributed by atoms with Gasteiger partial charge >= 0.3 is 0 Å². The minimum Gasteiger partial charge on any atom is -0.296 e. The Morgan fingerprint density at radius 2 is 1.75 bits per heavy atom. The number of sulfonamides is 1. The number of carbonyl (C=O) groups excluding carboxylic acids is 1. The highest BCUT2D eigenvalue weighted by Crippen LogP contribution is 2.19. The number of anilines is 2. The van der Waals surface area contributed by atoms with Crippen LogP contribution in [-0.2, 0) is 16.4 Å². The van der Waals surface area contributed by atoms with E-state index in [1.807, 2.05) is 0 Å². The summed E-state index contributed by atoms with van der Waals surface area (Å²) in [4.78, 5) is 12.4. The van der Waals surface area contributed by atoms with E-state index in [1.54, 1.807) is 30.3 Å². The van der Waals surface area contributed by atoms with Crippen molar-refractivity contribution in [1.29, 1.82) is 0 Å². The standard InChI is InChI=1S/C19H20N4O3S2/c1-2-3-9-17-21-22-19(27-17)20-18(24)14-10-12-16(13-11-14)28(25,26)23-15-7-5-4-6-8-15/h4-8,10-13,23H,2-3,9H2,1H3,(H,20,22,24). The first kappa shape index (κ1) is 20.0. The van der Waals surface area contributed by atoms with Gasteiger partial charge in [-0.05, 0) is 42.8 Å². The van der Waals surface area contributed by atoms with Crippen LogP contribution in [0.25, 0.3) is 0 Å². The fourth-order valence-electron chi connectivity index (χ4n) is 2.41. The van der Waals surface area contributed by atoms with Crippen LogP contribution in [0.15, 0.2) is 59.5 Å². The third-order valence-corrected chi connectivity index (χ3v) is 6.18. The second-order valence-electron chi connectivity index (χ2n) is 6.05. The van der Waals surface area contributed by atoms with E-state index in [9.17, 15) is 13.2 Å². The number of nitrogens with zero attached hydrogens (tertiary/aromatic N) is 2. The Kier molecular flexibility index (Phi) is 6.37. The Labute approximate surface area is 167 Å². The Balaban J connectivity index is 1.66.